The van der Waals surface area contributed by atoms with Crippen LogP contribution >= 0.6 is 0 Å². The van der Waals surface area contributed by atoms with Crippen LogP contribution in [0.15, 0.2) is 42.5 Å². The van der Waals surface area contributed by atoms with Gasteiger partial charge in [0.15, 0.2) is 5.78 Å². The summed E-state index contributed by atoms with van der Waals surface area (Å²) < 4.78 is 5.34. The fourth-order valence-electron chi connectivity index (χ4n) is 3.70. The second-order valence-electron chi connectivity index (χ2n) is 6.99. The minimum atomic E-state index is -0.435. The Hall–Kier alpha value is -2.17. The van der Waals surface area contributed by atoms with Crippen molar-refractivity contribution in [2.45, 2.75) is 24.9 Å². The second kappa shape index (κ2) is 7.38. The van der Waals surface area contributed by atoms with E-state index in [0.717, 1.165) is 34.4 Å². The third-order valence-corrected chi connectivity index (χ3v) is 4.80. The normalized spacial score (nSPS) is 17.6. The largest absolute Gasteiger partial charge is 0.497 e. The van der Waals surface area contributed by atoms with Gasteiger partial charge in [-0.1, -0.05) is 24.3 Å². The third-order valence-electron chi connectivity index (χ3n) is 4.80. The lowest BCUT2D eigenvalue weighted by Crippen LogP contribution is -2.27. The average Bonchev–Trinajstić information content (AvgIpc) is 2.70. The quantitative estimate of drug-likeness (QED) is 0.910. The Morgan fingerprint density at radius 1 is 1.20 bits per heavy atom. The first-order valence-corrected chi connectivity index (χ1v) is 8.63. The molecule has 0 aromatic heterocycles. The van der Waals surface area contributed by atoms with E-state index >= 15 is 0 Å². The maximum Gasteiger partial charge on any atom is 0.193 e. The molecule has 0 bridgehead atoms. The Labute approximate surface area is 149 Å². The van der Waals surface area contributed by atoms with Gasteiger partial charge >= 0.3 is 0 Å². The molecule has 0 aliphatic heterocycles. The minimum absolute atomic E-state index is 0.0536. The van der Waals surface area contributed by atoms with E-state index < -0.39 is 6.10 Å². The van der Waals surface area contributed by atoms with Gasteiger partial charge in [-0.2, -0.15) is 0 Å². The highest BCUT2D eigenvalue weighted by atomic mass is 16.5. The van der Waals surface area contributed by atoms with Gasteiger partial charge in [0.2, 0.25) is 0 Å². The molecule has 0 heterocycles. The summed E-state index contributed by atoms with van der Waals surface area (Å²) in [6.45, 7) is 0.609. The molecular formula is C21H25NO3. The SMILES string of the molecule is COc1ccc2c(c1)CC(CC(O)CN(C)C)c1ccccc1C2=O. The van der Waals surface area contributed by atoms with Crippen molar-refractivity contribution in [2.75, 3.05) is 27.7 Å². The molecule has 2 unspecified atom stereocenters. The summed E-state index contributed by atoms with van der Waals surface area (Å²) >= 11 is 0. The van der Waals surface area contributed by atoms with Crippen molar-refractivity contribution in [1.82, 2.24) is 4.90 Å². The molecule has 25 heavy (non-hydrogen) atoms. The number of methoxy groups -OCH3 is 1. The molecule has 0 radical (unpaired) electrons. The van der Waals surface area contributed by atoms with Crippen molar-refractivity contribution in [3.05, 3.63) is 64.7 Å². The lowest BCUT2D eigenvalue weighted by molar-refractivity contribution is 0.103. The van der Waals surface area contributed by atoms with E-state index in [1.54, 1.807) is 7.11 Å². The van der Waals surface area contributed by atoms with Crippen LogP contribution in [0.1, 0.15) is 39.4 Å². The zero-order chi connectivity index (χ0) is 18.0. The molecule has 0 spiro atoms. The van der Waals surface area contributed by atoms with Crippen LogP contribution in [0.25, 0.3) is 0 Å². The number of aliphatic hydroxyl groups is 1. The van der Waals surface area contributed by atoms with Crippen LogP contribution in [0.4, 0.5) is 0 Å². The molecule has 132 valence electrons. The molecule has 1 aliphatic carbocycles. The topological polar surface area (TPSA) is 49.8 Å². The zero-order valence-electron chi connectivity index (χ0n) is 15.0. The maximum atomic E-state index is 13.0. The maximum absolute atomic E-state index is 13.0. The Morgan fingerprint density at radius 2 is 1.96 bits per heavy atom. The molecule has 2 aromatic rings. The number of likely N-dealkylation sites (N-methyl/N-ethyl adjacent to an activating group) is 1. The van der Waals surface area contributed by atoms with Crippen molar-refractivity contribution < 1.29 is 14.6 Å². The Bertz CT molecular complexity index is 769. The summed E-state index contributed by atoms with van der Waals surface area (Å²) in [4.78, 5) is 15.0. The number of rotatable bonds is 5. The zero-order valence-corrected chi connectivity index (χ0v) is 15.0. The number of hydrogen-bond acceptors (Lipinski definition) is 4. The molecule has 0 saturated heterocycles. The molecule has 0 saturated carbocycles. The average molecular weight is 339 g/mol. The first kappa shape index (κ1) is 17.6. The van der Waals surface area contributed by atoms with Crippen LogP contribution in [0, 0.1) is 0 Å². The lowest BCUT2D eigenvalue weighted by atomic mass is 9.86. The van der Waals surface area contributed by atoms with Gasteiger partial charge in [0.25, 0.3) is 0 Å². The smallest absolute Gasteiger partial charge is 0.193 e. The van der Waals surface area contributed by atoms with Crippen LogP contribution in [0.2, 0.25) is 0 Å². The van der Waals surface area contributed by atoms with E-state index in [9.17, 15) is 9.90 Å². The predicted molar refractivity (Wildman–Crippen MR) is 98.5 cm³/mol. The molecule has 2 aromatic carbocycles. The van der Waals surface area contributed by atoms with Gasteiger partial charge in [-0.3, -0.25) is 4.79 Å². The molecule has 0 amide bonds. The predicted octanol–water partition coefficient (Wildman–Crippen LogP) is 2.88. The standard InChI is InChI=1S/C21H25NO3/c1-22(2)13-16(23)11-14-10-15-12-17(25-3)8-9-19(15)21(24)20-7-5-4-6-18(14)20/h4-9,12,14,16,23H,10-11,13H2,1-3H3. The van der Waals surface area contributed by atoms with Crippen LogP contribution < -0.4 is 4.74 Å². The van der Waals surface area contributed by atoms with Crippen LogP contribution in [0.3, 0.4) is 0 Å². The Kier molecular flexibility index (Phi) is 5.21. The highest BCUT2D eigenvalue weighted by Crippen LogP contribution is 2.36. The van der Waals surface area contributed by atoms with Gasteiger partial charge in [0.1, 0.15) is 5.75 Å². The second-order valence-corrected chi connectivity index (χ2v) is 6.99. The van der Waals surface area contributed by atoms with Gasteiger partial charge < -0.3 is 14.7 Å². The lowest BCUT2D eigenvalue weighted by Gasteiger charge is -2.23. The van der Waals surface area contributed by atoms with Crippen molar-refractivity contribution >= 4 is 5.78 Å². The van der Waals surface area contributed by atoms with Gasteiger partial charge in [-0.15, -0.1) is 0 Å². The van der Waals surface area contributed by atoms with Crippen LogP contribution in [0.5, 0.6) is 5.75 Å². The van der Waals surface area contributed by atoms with Crippen molar-refractivity contribution in [3.8, 4) is 5.75 Å². The van der Waals surface area contributed by atoms with E-state index in [2.05, 4.69) is 0 Å². The van der Waals surface area contributed by atoms with Crippen molar-refractivity contribution in [1.29, 1.82) is 0 Å². The summed E-state index contributed by atoms with van der Waals surface area (Å²) in [7, 11) is 5.54. The number of ketones is 1. The molecule has 1 N–H and O–H groups in total. The number of hydrogen-bond donors (Lipinski definition) is 1. The number of ether oxygens (including phenoxy) is 1. The fraction of sp³-hybridized carbons (Fsp3) is 0.381. The fourth-order valence-corrected chi connectivity index (χ4v) is 3.70. The first-order valence-electron chi connectivity index (χ1n) is 8.63. The summed E-state index contributed by atoms with van der Waals surface area (Å²) in [5, 5.41) is 10.5. The van der Waals surface area contributed by atoms with Gasteiger partial charge in [0.05, 0.1) is 13.2 Å². The minimum Gasteiger partial charge on any atom is -0.497 e. The van der Waals surface area contributed by atoms with E-state index in [4.69, 9.17) is 4.74 Å². The molecule has 4 nitrogen and oxygen atoms in total. The first-order chi connectivity index (χ1) is 12.0. The number of carbonyl (C=O) groups is 1. The summed E-state index contributed by atoms with van der Waals surface area (Å²) in [6.07, 6.45) is 0.911. The number of benzene rings is 2. The number of fused-ring (bicyclic) bond motifs is 2. The number of carbonyl (C=O) groups excluding carboxylic acids is 1. The van der Waals surface area contributed by atoms with Gasteiger partial charge in [0, 0.05) is 17.7 Å². The molecule has 3 rings (SSSR count). The van der Waals surface area contributed by atoms with E-state index in [1.807, 2.05) is 61.5 Å². The molecular weight excluding hydrogens is 314 g/mol. The molecule has 4 heteroatoms. The van der Waals surface area contributed by atoms with Crippen LogP contribution in [-0.2, 0) is 6.42 Å². The number of aliphatic hydroxyl groups excluding tert-OH is 1. The van der Waals surface area contributed by atoms with Crippen LogP contribution in [-0.4, -0.2) is 49.6 Å². The third kappa shape index (κ3) is 3.75. The highest BCUT2D eigenvalue weighted by Gasteiger charge is 2.28. The summed E-state index contributed by atoms with van der Waals surface area (Å²) in [5.74, 6) is 0.909. The molecule has 1 aliphatic rings. The van der Waals surface area contributed by atoms with E-state index in [0.29, 0.717) is 13.0 Å². The molecule has 2 atom stereocenters. The summed E-state index contributed by atoms with van der Waals surface area (Å²) in [5.41, 5.74) is 3.49. The van der Waals surface area contributed by atoms with E-state index in [1.165, 1.54) is 0 Å². The van der Waals surface area contributed by atoms with Crippen molar-refractivity contribution in [2.24, 2.45) is 0 Å². The highest BCUT2D eigenvalue weighted by molar-refractivity contribution is 6.11. The summed E-state index contributed by atoms with van der Waals surface area (Å²) in [6, 6.07) is 13.4. The van der Waals surface area contributed by atoms with Crippen molar-refractivity contribution in [3.63, 3.8) is 0 Å². The van der Waals surface area contributed by atoms with Gasteiger partial charge in [-0.25, -0.2) is 0 Å². The monoisotopic (exact) mass is 339 g/mol. The number of nitrogens with zero attached hydrogens (tertiary/aromatic N) is 1. The Balaban J connectivity index is 2.02. The van der Waals surface area contributed by atoms with Gasteiger partial charge in [-0.05, 0) is 62.2 Å². The van der Waals surface area contributed by atoms with E-state index in [-0.39, 0.29) is 11.7 Å². The Morgan fingerprint density at radius 3 is 2.68 bits per heavy atom. The molecule has 0 fully saturated rings.